The van der Waals surface area contributed by atoms with E-state index >= 15 is 0 Å². The number of oxazole rings is 1. The normalized spacial score (nSPS) is 13.1. The first kappa shape index (κ1) is 15.8. The molecular formula is C18H20N2O2. The number of fused-ring (bicyclic) bond motifs is 1. The van der Waals surface area contributed by atoms with Gasteiger partial charge in [0, 0.05) is 12.6 Å². The Hall–Kier alpha value is -2.62. The van der Waals surface area contributed by atoms with Crippen molar-refractivity contribution in [1.29, 1.82) is 0 Å². The van der Waals surface area contributed by atoms with Crippen LogP contribution in [0.4, 0.5) is 0 Å². The van der Waals surface area contributed by atoms with E-state index in [1.807, 2.05) is 18.2 Å². The van der Waals surface area contributed by atoms with Gasteiger partial charge in [0.15, 0.2) is 0 Å². The Morgan fingerprint density at radius 1 is 1.27 bits per heavy atom. The van der Waals surface area contributed by atoms with Crippen LogP contribution in [0.1, 0.15) is 24.3 Å². The van der Waals surface area contributed by atoms with Crippen molar-refractivity contribution in [1.82, 2.24) is 9.97 Å². The van der Waals surface area contributed by atoms with E-state index < -0.39 is 0 Å². The van der Waals surface area contributed by atoms with Gasteiger partial charge in [-0.25, -0.2) is 4.98 Å². The summed E-state index contributed by atoms with van der Waals surface area (Å²) in [7, 11) is 0. The fraction of sp³-hybridized carbons (Fsp3) is 0.222. The maximum absolute atomic E-state index is 8.35. The second kappa shape index (κ2) is 7.98. The molecule has 0 fully saturated rings. The standard InChI is InChI=1S/C12H12N2O.C6H8O/c1-2-7-11-9(5-1)14-12(15-11)10-6-3-4-8-13-10;1-3-4-5-6(2)7/h3-4,6,8H,1-2,5,7H2;3-5,7H,1-2H2/b;5-4-. The Morgan fingerprint density at radius 2 is 2.09 bits per heavy atom. The lowest BCUT2D eigenvalue weighted by Gasteiger charge is -2.05. The van der Waals surface area contributed by atoms with Crippen molar-refractivity contribution in [2.45, 2.75) is 25.7 Å². The van der Waals surface area contributed by atoms with Crippen LogP contribution in [0.3, 0.4) is 0 Å². The molecule has 2 aromatic heterocycles. The van der Waals surface area contributed by atoms with Crippen LogP contribution in [-0.2, 0) is 12.8 Å². The third-order valence-corrected chi connectivity index (χ3v) is 3.15. The molecule has 0 aromatic carbocycles. The molecule has 0 radical (unpaired) electrons. The van der Waals surface area contributed by atoms with Crippen LogP contribution in [0, 0.1) is 0 Å². The van der Waals surface area contributed by atoms with Crippen molar-refractivity contribution in [3.05, 3.63) is 73.0 Å². The predicted octanol–water partition coefficient (Wildman–Crippen LogP) is 4.42. The van der Waals surface area contributed by atoms with Crippen molar-refractivity contribution in [2.24, 2.45) is 0 Å². The van der Waals surface area contributed by atoms with Crippen molar-refractivity contribution in [3.63, 3.8) is 0 Å². The molecule has 1 aliphatic rings. The average molecular weight is 296 g/mol. The first-order chi connectivity index (χ1) is 10.7. The molecule has 4 heteroatoms. The number of rotatable bonds is 3. The summed E-state index contributed by atoms with van der Waals surface area (Å²) < 4.78 is 5.72. The van der Waals surface area contributed by atoms with Crippen molar-refractivity contribution >= 4 is 0 Å². The van der Waals surface area contributed by atoms with Crippen LogP contribution < -0.4 is 0 Å². The van der Waals surface area contributed by atoms with Crippen molar-refractivity contribution in [2.75, 3.05) is 0 Å². The molecule has 0 saturated carbocycles. The zero-order valence-corrected chi connectivity index (χ0v) is 12.5. The SMILES string of the molecule is C=C/C=C\C(=C)O.c1ccc(-c2nc3c(o2)CCCC3)nc1. The number of hydrogen-bond donors (Lipinski definition) is 1. The number of allylic oxidation sites excluding steroid dienone is 3. The maximum Gasteiger partial charge on any atom is 0.245 e. The average Bonchev–Trinajstić information content (AvgIpc) is 2.98. The fourth-order valence-corrected chi connectivity index (χ4v) is 2.13. The van der Waals surface area contributed by atoms with Gasteiger partial charge in [-0.1, -0.05) is 31.4 Å². The summed E-state index contributed by atoms with van der Waals surface area (Å²) in [6, 6.07) is 5.77. The number of hydrogen-bond acceptors (Lipinski definition) is 4. The van der Waals surface area contributed by atoms with Gasteiger partial charge in [-0.05, 0) is 37.5 Å². The first-order valence-corrected chi connectivity index (χ1v) is 7.27. The number of pyridine rings is 1. The van der Waals surface area contributed by atoms with E-state index in [1.165, 1.54) is 18.9 Å². The molecule has 2 aromatic rings. The Labute approximate surface area is 130 Å². The van der Waals surface area contributed by atoms with Crippen LogP contribution >= 0.6 is 0 Å². The first-order valence-electron chi connectivity index (χ1n) is 7.27. The van der Waals surface area contributed by atoms with E-state index in [0.717, 1.165) is 30.0 Å². The van der Waals surface area contributed by atoms with Gasteiger partial charge in [0.1, 0.15) is 17.2 Å². The highest BCUT2D eigenvalue weighted by molar-refractivity contribution is 5.47. The van der Waals surface area contributed by atoms with E-state index in [0.29, 0.717) is 5.89 Å². The summed E-state index contributed by atoms with van der Waals surface area (Å²) in [4.78, 5) is 8.73. The third kappa shape index (κ3) is 4.45. The van der Waals surface area contributed by atoms with Crippen LogP contribution in [0.5, 0.6) is 0 Å². The van der Waals surface area contributed by atoms with Gasteiger partial charge in [0.2, 0.25) is 5.89 Å². The molecule has 22 heavy (non-hydrogen) atoms. The molecular weight excluding hydrogens is 276 g/mol. The molecule has 0 aliphatic heterocycles. The number of aliphatic hydroxyl groups excluding tert-OH is 1. The van der Waals surface area contributed by atoms with E-state index in [1.54, 1.807) is 18.3 Å². The molecule has 1 N–H and O–H groups in total. The molecule has 3 rings (SSSR count). The fourth-order valence-electron chi connectivity index (χ4n) is 2.13. The molecule has 0 unspecified atom stereocenters. The molecule has 0 spiro atoms. The van der Waals surface area contributed by atoms with Gasteiger partial charge in [0.05, 0.1) is 5.69 Å². The van der Waals surface area contributed by atoms with Gasteiger partial charge in [-0.15, -0.1) is 0 Å². The molecule has 0 saturated heterocycles. The monoisotopic (exact) mass is 296 g/mol. The molecule has 4 nitrogen and oxygen atoms in total. The topological polar surface area (TPSA) is 59.2 Å². The van der Waals surface area contributed by atoms with Gasteiger partial charge in [-0.3, -0.25) is 4.98 Å². The highest BCUT2D eigenvalue weighted by Crippen LogP contribution is 2.25. The van der Waals surface area contributed by atoms with Crippen LogP contribution in [0.15, 0.2) is 66.0 Å². The summed E-state index contributed by atoms with van der Waals surface area (Å²) in [5.74, 6) is 1.78. The summed E-state index contributed by atoms with van der Waals surface area (Å²) in [5.41, 5.74) is 1.95. The summed E-state index contributed by atoms with van der Waals surface area (Å²) in [6.45, 7) is 6.61. The highest BCUT2D eigenvalue weighted by Gasteiger charge is 2.17. The van der Waals surface area contributed by atoms with Crippen molar-refractivity contribution < 1.29 is 9.52 Å². The Morgan fingerprint density at radius 3 is 2.68 bits per heavy atom. The summed E-state index contributed by atoms with van der Waals surface area (Å²) in [5, 5.41) is 8.35. The second-order valence-corrected chi connectivity index (χ2v) is 4.90. The van der Waals surface area contributed by atoms with Gasteiger partial charge < -0.3 is 9.52 Å². The smallest absolute Gasteiger partial charge is 0.245 e. The predicted molar refractivity (Wildman–Crippen MR) is 87.5 cm³/mol. The number of nitrogens with zero attached hydrogens (tertiary/aromatic N) is 2. The zero-order valence-electron chi connectivity index (χ0n) is 12.5. The Kier molecular flexibility index (Phi) is 5.72. The van der Waals surface area contributed by atoms with E-state index in [-0.39, 0.29) is 5.76 Å². The maximum atomic E-state index is 8.35. The zero-order chi connectivity index (χ0) is 15.8. The number of aliphatic hydroxyl groups is 1. The second-order valence-electron chi connectivity index (χ2n) is 4.90. The minimum absolute atomic E-state index is 0.0555. The summed E-state index contributed by atoms with van der Waals surface area (Å²) in [6.07, 6.45) is 10.9. The third-order valence-electron chi connectivity index (χ3n) is 3.15. The van der Waals surface area contributed by atoms with E-state index in [9.17, 15) is 0 Å². The van der Waals surface area contributed by atoms with E-state index in [4.69, 9.17) is 9.52 Å². The lowest BCUT2D eigenvalue weighted by Crippen LogP contribution is -1.99. The molecule has 1 aliphatic carbocycles. The molecule has 0 bridgehead atoms. The molecule has 0 atom stereocenters. The minimum Gasteiger partial charge on any atom is -0.509 e. The van der Waals surface area contributed by atoms with Crippen LogP contribution in [-0.4, -0.2) is 15.1 Å². The summed E-state index contributed by atoms with van der Waals surface area (Å²) >= 11 is 0. The Bertz CT molecular complexity index is 633. The van der Waals surface area contributed by atoms with E-state index in [2.05, 4.69) is 23.1 Å². The quantitative estimate of drug-likeness (QED) is 0.673. The van der Waals surface area contributed by atoms with Gasteiger partial charge in [-0.2, -0.15) is 0 Å². The van der Waals surface area contributed by atoms with Crippen LogP contribution in [0.2, 0.25) is 0 Å². The highest BCUT2D eigenvalue weighted by atomic mass is 16.4. The molecule has 114 valence electrons. The number of aromatic nitrogens is 2. The van der Waals surface area contributed by atoms with Crippen molar-refractivity contribution in [3.8, 4) is 11.6 Å². The lowest BCUT2D eigenvalue weighted by atomic mass is 10.0. The molecule has 2 heterocycles. The van der Waals surface area contributed by atoms with Crippen LogP contribution in [0.25, 0.3) is 11.6 Å². The molecule has 0 amide bonds. The minimum atomic E-state index is 0.0555. The Balaban J connectivity index is 0.000000217. The lowest BCUT2D eigenvalue weighted by molar-refractivity contribution is 0.435. The van der Waals surface area contributed by atoms with Gasteiger partial charge in [0.25, 0.3) is 0 Å². The largest absolute Gasteiger partial charge is 0.509 e. The number of aryl methyl sites for hydroxylation is 2. The van der Waals surface area contributed by atoms with Gasteiger partial charge >= 0.3 is 0 Å².